The fraction of sp³-hybridized carbons (Fsp3) is 0.333. The van der Waals surface area contributed by atoms with Gasteiger partial charge in [-0.15, -0.1) is 0 Å². The van der Waals surface area contributed by atoms with Gasteiger partial charge in [0.15, 0.2) is 17.3 Å². The Morgan fingerprint density at radius 2 is 1.85 bits per heavy atom. The van der Waals surface area contributed by atoms with Crippen molar-refractivity contribution in [3.05, 3.63) is 30.0 Å². The summed E-state index contributed by atoms with van der Waals surface area (Å²) < 4.78 is 5.10. The second kappa shape index (κ2) is 5.00. The van der Waals surface area contributed by atoms with Crippen LogP contribution in [0.15, 0.2) is 24.3 Å². The van der Waals surface area contributed by atoms with Gasteiger partial charge in [-0.1, -0.05) is 20.8 Å². The summed E-state index contributed by atoms with van der Waals surface area (Å²) in [6, 6.07) is 6.76. The summed E-state index contributed by atoms with van der Waals surface area (Å²) in [6.07, 6.45) is 0. The molecular weight excluding hydrogens is 254 g/mol. The number of phenolic OH excluding ortho intramolecular Hbond substituents is 1. The first-order valence-electron chi connectivity index (χ1n) is 6.33. The molecule has 0 spiro atoms. The van der Waals surface area contributed by atoms with Crippen molar-refractivity contribution >= 4 is 5.82 Å². The fourth-order valence-electron chi connectivity index (χ4n) is 1.80. The number of hydrogen-bond acceptors (Lipinski definition) is 5. The van der Waals surface area contributed by atoms with E-state index in [1.807, 2.05) is 0 Å². The Bertz CT molecular complexity index is 634. The van der Waals surface area contributed by atoms with Crippen LogP contribution in [-0.2, 0) is 5.41 Å². The number of nitrogens with two attached hydrogens (primary N) is 1. The maximum atomic E-state index is 9.63. The first-order valence-corrected chi connectivity index (χ1v) is 6.33. The van der Waals surface area contributed by atoms with Crippen LogP contribution in [0.3, 0.4) is 0 Å². The van der Waals surface area contributed by atoms with Gasteiger partial charge in [-0.3, -0.25) is 0 Å². The first kappa shape index (κ1) is 14.1. The van der Waals surface area contributed by atoms with Crippen LogP contribution in [0.2, 0.25) is 0 Å². The Labute approximate surface area is 118 Å². The van der Waals surface area contributed by atoms with Crippen molar-refractivity contribution in [3.63, 3.8) is 0 Å². The minimum atomic E-state index is -0.118. The van der Waals surface area contributed by atoms with Crippen LogP contribution in [-0.4, -0.2) is 22.2 Å². The third-order valence-corrected chi connectivity index (χ3v) is 2.95. The number of hydrogen-bond donors (Lipinski definition) is 2. The van der Waals surface area contributed by atoms with Gasteiger partial charge in [0.1, 0.15) is 5.82 Å². The van der Waals surface area contributed by atoms with Crippen LogP contribution in [0.4, 0.5) is 5.82 Å². The molecule has 0 saturated carbocycles. The van der Waals surface area contributed by atoms with Gasteiger partial charge >= 0.3 is 0 Å². The van der Waals surface area contributed by atoms with E-state index in [1.165, 1.54) is 7.11 Å². The summed E-state index contributed by atoms with van der Waals surface area (Å²) in [7, 11) is 1.50. The monoisotopic (exact) mass is 273 g/mol. The molecule has 0 aliphatic rings. The topological polar surface area (TPSA) is 81.3 Å². The van der Waals surface area contributed by atoms with E-state index in [4.69, 9.17) is 10.5 Å². The molecule has 2 aromatic rings. The highest BCUT2D eigenvalue weighted by Gasteiger charge is 2.18. The zero-order valence-electron chi connectivity index (χ0n) is 12.1. The van der Waals surface area contributed by atoms with Crippen LogP contribution in [0.25, 0.3) is 11.4 Å². The molecule has 106 valence electrons. The largest absolute Gasteiger partial charge is 0.504 e. The molecular formula is C15H19N3O2. The molecule has 2 rings (SSSR count). The van der Waals surface area contributed by atoms with Crippen molar-refractivity contribution in [1.29, 1.82) is 0 Å². The molecule has 0 aliphatic heterocycles. The lowest BCUT2D eigenvalue weighted by Crippen LogP contribution is -2.15. The average molecular weight is 273 g/mol. The molecule has 5 nitrogen and oxygen atoms in total. The van der Waals surface area contributed by atoms with E-state index in [0.717, 1.165) is 11.3 Å². The lowest BCUT2D eigenvalue weighted by molar-refractivity contribution is 0.373. The van der Waals surface area contributed by atoms with Gasteiger partial charge in [-0.05, 0) is 18.2 Å². The second-order valence-electron chi connectivity index (χ2n) is 5.64. The number of anilines is 1. The van der Waals surface area contributed by atoms with E-state index in [0.29, 0.717) is 17.4 Å². The van der Waals surface area contributed by atoms with Crippen LogP contribution in [0, 0.1) is 0 Å². The lowest BCUT2D eigenvalue weighted by Gasteiger charge is -2.18. The van der Waals surface area contributed by atoms with Crippen molar-refractivity contribution in [3.8, 4) is 22.9 Å². The predicted molar refractivity (Wildman–Crippen MR) is 78.8 cm³/mol. The Balaban J connectivity index is 2.55. The summed E-state index contributed by atoms with van der Waals surface area (Å²) in [5.74, 6) is 1.40. The molecule has 0 atom stereocenters. The minimum absolute atomic E-state index is 0.0798. The van der Waals surface area contributed by atoms with E-state index in [2.05, 4.69) is 30.7 Å². The fourth-order valence-corrected chi connectivity index (χ4v) is 1.80. The van der Waals surface area contributed by atoms with E-state index in [-0.39, 0.29) is 11.2 Å². The number of aromatic hydroxyl groups is 1. The summed E-state index contributed by atoms with van der Waals surface area (Å²) in [6.45, 7) is 6.20. The number of phenols is 1. The van der Waals surface area contributed by atoms with Crippen molar-refractivity contribution in [2.45, 2.75) is 26.2 Å². The molecule has 0 radical (unpaired) electrons. The smallest absolute Gasteiger partial charge is 0.161 e. The summed E-state index contributed by atoms with van der Waals surface area (Å²) >= 11 is 0. The zero-order valence-corrected chi connectivity index (χ0v) is 12.1. The van der Waals surface area contributed by atoms with Crippen LogP contribution < -0.4 is 10.5 Å². The molecule has 1 aromatic carbocycles. The predicted octanol–water partition coefficient (Wildman–Crippen LogP) is 2.74. The number of nitrogens with zero attached hydrogens (tertiary/aromatic N) is 2. The van der Waals surface area contributed by atoms with Gasteiger partial charge in [0.05, 0.1) is 12.8 Å². The van der Waals surface area contributed by atoms with Gasteiger partial charge in [0.2, 0.25) is 0 Å². The Morgan fingerprint density at radius 3 is 2.45 bits per heavy atom. The van der Waals surface area contributed by atoms with Gasteiger partial charge in [-0.25, -0.2) is 9.97 Å². The Hall–Kier alpha value is -2.30. The molecule has 1 aromatic heterocycles. The maximum absolute atomic E-state index is 9.63. The van der Waals surface area contributed by atoms with E-state index in [1.54, 1.807) is 24.3 Å². The van der Waals surface area contributed by atoms with Crippen molar-refractivity contribution < 1.29 is 9.84 Å². The van der Waals surface area contributed by atoms with E-state index < -0.39 is 0 Å². The summed E-state index contributed by atoms with van der Waals surface area (Å²) in [5.41, 5.74) is 7.36. The van der Waals surface area contributed by atoms with Gasteiger partial charge < -0.3 is 15.6 Å². The third kappa shape index (κ3) is 2.82. The van der Waals surface area contributed by atoms with Crippen LogP contribution in [0.1, 0.15) is 26.5 Å². The average Bonchev–Trinajstić information content (AvgIpc) is 2.37. The highest BCUT2D eigenvalue weighted by Crippen LogP contribution is 2.31. The molecule has 0 aliphatic carbocycles. The molecule has 0 amide bonds. The molecule has 0 fully saturated rings. The van der Waals surface area contributed by atoms with E-state index in [9.17, 15) is 5.11 Å². The van der Waals surface area contributed by atoms with Crippen LogP contribution in [0.5, 0.6) is 11.5 Å². The maximum Gasteiger partial charge on any atom is 0.161 e. The molecule has 0 bridgehead atoms. The number of rotatable bonds is 2. The molecule has 0 unspecified atom stereocenters. The standard InChI is InChI=1S/C15H19N3O2/c1-15(2,3)12-8-13(16)18-14(17-12)9-5-6-10(19)11(7-9)20-4/h5-8,19H,1-4H3,(H2,16,17,18). The third-order valence-electron chi connectivity index (χ3n) is 2.95. The molecule has 0 saturated heterocycles. The molecule has 3 N–H and O–H groups in total. The number of nitrogen functional groups attached to an aromatic ring is 1. The molecule has 5 heteroatoms. The first-order chi connectivity index (χ1) is 9.31. The number of aromatic nitrogens is 2. The Morgan fingerprint density at radius 1 is 1.15 bits per heavy atom. The van der Waals surface area contributed by atoms with Gasteiger partial charge in [0.25, 0.3) is 0 Å². The lowest BCUT2D eigenvalue weighted by atomic mass is 9.92. The van der Waals surface area contributed by atoms with Crippen molar-refractivity contribution in [2.24, 2.45) is 0 Å². The zero-order chi connectivity index (χ0) is 14.9. The van der Waals surface area contributed by atoms with Crippen molar-refractivity contribution in [2.75, 3.05) is 12.8 Å². The van der Waals surface area contributed by atoms with Crippen LogP contribution >= 0.6 is 0 Å². The number of benzene rings is 1. The van der Waals surface area contributed by atoms with E-state index >= 15 is 0 Å². The number of ether oxygens (including phenoxy) is 1. The summed E-state index contributed by atoms with van der Waals surface area (Å²) in [5, 5.41) is 9.63. The quantitative estimate of drug-likeness (QED) is 0.879. The normalized spacial score (nSPS) is 11.4. The molecule has 1 heterocycles. The second-order valence-corrected chi connectivity index (χ2v) is 5.64. The highest BCUT2D eigenvalue weighted by atomic mass is 16.5. The van der Waals surface area contributed by atoms with Gasteiger partial charge in [-0.2, -0.15) is 0 Å². The van der Waals surface area contributed by atoms with Crippen molar-refractivity contribution in [1.82, 2.24) is 9.97 Å². The highest BCUT2D eigenvalue weighted by molar-refractivity contribution is 5.62. The summed E-state index contributed by atoms with van der Waals surface area (Å²) in [4.78, 5) is 8.80. The SMILES string of the molecule is COc1cc(-c2nc(N)cc(C(C)(C)C)n2)ccc1O. The van der Waals surface area contributed by atoms with Gasteiger partial charge in [0, 0.05) is 17.0 Å². The minimum Gasteiger partial charge on any atom is -0.504 e. The number of methoxy groups -OCH3 is 1. The molecule has 20 heavy (non-hydrogen) atoms. The Kier molecular flexibility index (Phi) is 3.53.